The minimum absolute atomic E-state index is 0.172. The van der Waals surface area contributed by atoms with Gasteiger partial charge in [-0.2, -0.15) is 0 Å². The maximum absolute atomic E-state index is 11.7. The number of aryl methyl sites for hydroxylation is 2. The maximum atomic E-state index is 11.7. The number of rotatable bonds is 6. The van der Waals surface area contributed by atoms with E-state index in [1.807, 2.05) is 36.7 Å². The number of carbonyl (C=O) groups excluding carboxylic acids is 1. The van der Waals surface area contributed by atoms with Crippen molar-refractivity contribution in [2.45, 2.75) is 39.2 Å². The molecule has 0 atom stereocenters. The molecule has 0 unspecified atom stereocenters. The molecule has 0 aliphatic carbocycles. The lowest BCUT2D eigenvalue weighted by Gasteiger charge is -2.10. The summed E-state index contributed by atoms with van der Waals surface area (Å²) in [4.78, 5) is 11.7. The number of carbonyl (C=O) groups is 1. The Labute approximate surface area is 124 Å². The third-order valence-corrected chi connectivity index (χ3v) is 3.38. The van der Waals surface area contributed by atoms with E-state index in [0.29, 0.717) is 5.69 Å². The van der Waals surface area contributed by atoms with Gasteiger partial charge in [-0.05, 0) is 24.3 Å². The summed E-state index contributed by atoms with van der Waals surface area (Å²) in [6, 6.07) is 10.3. The number of aromatic nitrogens is 3. The highest BCUT2D eigenvalue weighted by Gasteiger charge is 2.22. The quantitative estimate of drug-likeness (QED) is 0.767. The molecule has 2 aromatic rings. The van der Waals surface area contributed by atoms with E-state index in [1.165, 1.54) is 12.7 Å². The van der Waals surface area contributed by atoms with Gasteiger partial charge in [0.05, 0.1) is 12.8 Å². The molecule has 2 rings (SSSR count). The van der Waals surface area contributed by atoms with Crippen molar-refractivity contribution in [2.75, 3.05) is 7.11 Å². The van der Waals surface area contributed by atoms with Crippen molar-refractivity contribution >= 4 is 5.97 Å². The molecule has 0 N–H and O–H groups in total. The van der Waals surface area contributed by atoms with E-state index in [0.717, 1.165) is 25.1 Å². The minimum atomic E-state index is -0.423. The van der Waals surface area contributed by atoms with Gasteiger partial charge in [0.25, 0.3) is 0 Å². The first-order valence-electron chi connectivity index (χ1n) is 7.19. The van der Waals surface area contributed by atoms with Crippen molar-refractivity contribution in [1.29, 1.82) is 0 Å². The Morgan fingerprint density at radius 1 is 1.29 bits per heavy atom. The lowest BCUT2D eigenvalue weighted by Crippen LogP contribution is -2.11. The van der Waals surface area contributed by atoms with Gasteiger partial charge in [0.1, 0.15) is 0 Å². The lowest BCUT2D eigenvalue weighted by molar-refractivity contribution is 0.0592. The molecular weight excluding hydrogens is 266 g/mol. The molecule has 0 aliphatic rings. The van der Waals surface area contributed by atoms with Crippen molar-refractivity contribution in [3.05, 3.63) is 47.3 Å². The summed E-state index contributed by atoms with van der Waals surface area (Å²) in [5, 5.41) is 8.08. The molecule has 112 valence electrons. The Morgan fingerprint density at radius 2 is 2.00 bits per heavy atom. The highest BCUT2D eigenvalue weighted by atomic mass is 16.5. The van der Waals surface area contributed by atoms with E-state index in [2.05, 4.69) is 22.4 Å². The number of hydrogen-bond acceptors (Lipinski definition) is 4. The van der Waals surface area contributed by atoms with Gasteiger partial charge in [-0.15, -0.1) is 5.10 Å². The predicted octanol–water partition coefficient (Wildman–Crippen LogP) is 2.82. The van der Waals surface area contributed by atoms with Gasteiger partial charge in [0, 0.05) is 6.54 Å². The summed E-state index contributed by atoms with van der Waals surface area (Å²) in [5.41, 5.74) is 2.47. The van der Waals surface area contributed by atoms with Crippen LogP contribution in [0.15, 0.2) is 30.3 Å². The van der Waals surface area contributed by atoms with Gasteiger partial charge in [-0.1, -0.05) is 49.4 Å². The third kappa shape index (κ3) is 3.68. The normalized spacial score (nSPS) is 10.9. The first kappa shape index (κ1) is 15.2. The van der Waals surface area contributed by atoms with Gasteiger partial charge in [-0.25, -0.2) is 9.48 Å². The zero-order chi connectivity index (χ0) is 15.2. The zero-order valence-electron chi connectivity index (χ0n) is 12.7. The summed E-state index contributed by atoms with van der Waals surface area (Å²) in [6.07, 6.45) is 1.93. The number of methoxy groups -OCH3 is 1. The van der Waals surface area contributed by atoms with Gasteiger partial charge in [0.2, 0.25) is 0 Å². The number of benzene rings is 1. The van der Waals surface area contributed by atoms with Gasteiger partial charge in [-0.3, -0.25) is 0 Å². The standard InChI is InChI=1S/C16H21N3O2/c1-12(2)15-14(16(20)21-3)17-18-19(15)11-7-10-13-8-5-4-6-9-13/h4-6,8-9,12H,7,10-11H2,1-3H3. The van der Waals surface area contributed by atoms with E-state index in [-0.39, 0.29) is 5.92 Å². The molecule has 5 heteroatoms. The number of hydrogen-bond donors (Lipinski definition) is 0. The topological polar surface area (TPSA) is 57.0 Å². The van der Waals surface area contributed by atoms with E-state index in [1.54, 1.807) is 0 Å². The first-order chi connectivity index (χ1) is 10.1. The molecule has 21 heavy (non-hydrogen) atoms. The van der Waals surface area contributed by atoms with Gasteiger partial charge in [0.15, 0.2) is 5.69 Å². The van der Waals surface area contributed by atoms with Crippen LogP contribution >= 0.6 is 0 Å². The van der Waals surface area contributed by atoms with Crippen molar-refractivity contribution < 1.29 is 9.53 Å². The Kier molecular flexibility index (Phi) is 5.09. The minimum Gasteiger partial charge on any atom is -0.464 e. The van der Waals surface area contributed by atoms with Crippen LogP contribution in [0.3, 0.4) is 0 Å². The molecular formula is C16H21N3O2. The van der Waals surface area contributed by atoms with E-state index < -0.39 is 5.97 Å². The second kappa shape index (κ2) is 7.02. The van der Waals surface area contributed by atoms with E-state index >= 15 is 0 Å². The lowest BCUT2D eigenvalue weighted by atomic mass is 10.1. The van der Waals surface area contributed by atoms with Crippen molar-refractivity contribution in [2.24, 2.45) is 0 Å². The fraction of sp³-hybridized carbons (Fsp3) is 0.438. The van der Waals surface area contributed by atoms with Crippen LogP contribution in [-0.4, -0.2) is 28.1 Å². The number of nitrogens with zero attached hydrogens (tertiary/aromatic N) is 3. The van der Waals surface area contributed by atoms with Crippen LogP contribution in [0.4, 0.5) is 0 Å². The highest BCUT2D eigenvalue weighted by molar-refractivity contribution is 5.88. The fourth-order valence-electron chi connectivity index (χ4n) is 2.38. The smallest absolute Gasteiger partial charge is 0.360 e. The number of ether oxygens (including phenoxy) is 1. The zero-order valence-corrected chi connectivity index (χ0v) is 12.7. The summed E-state index contributed by atoms with van der Waals surface area (Å²) >= 11 is 0. The van der Waals surface area contributed by atoms with Crippen LogP contribution in [0.5, 0.6) is 0 Å². The van der Waals surface area contributed by atoms with Gasteiger partial charge < -0.3 is 4.74 Å². The maximum Gasteiger partial charge on any atom is 0.360 e. The molecule has 0 saturated heterocycles. The second-order valence-corrected chi connectivity index (χ2v) is 5.28. The predicted molar refractivity (Wildman–Crippen MR) is 80.2 cm³/mol. The van der Waals surface area contributed by atoms with Crippen LogP contribution in [0.2, 0.25) is 0 Å². The molecule has 1 aromatic heterocycles. The molecule has 0 spiro atoms. The average molecular weight is 287 g/mol. The Balaban J connectivity index is 2.06. The highest BCUT2D eigenvalue weighted by Crippen LogP contribution is 2.19. The molecule has 1 aromatic carbocycles. The summed E-state index contributed by atoms with van der Waals surface area (Å²) < 4.78 is 6.58. The molecule has 0 radical (unpaired) electrons. The molecule has 5 nitrogen and oxygen atoms in total. The van der Waals surface area contributed by atoms with Gasteiger partial charge >= 0.3 is 5.97 Å². The molecule has 1 heterocycles. The second-order valence-electron chi connectivity index (χ2n) is 5.28. The number of esters is 1. The third-order valence-electron chi connectivity index (χ3n) is 3.38. The molecule has 0 aliphatic heterocycles. The molecule has 0 fully saturated rings. The summed E-state index contributed by atoms with van der Waals surface area (Å²) in [6.45, 7) is 4.80. The van der Waals surface area contributed by atoms with Crippen LogP contribution in [0.1, 0.15) is 47.9 Å². The SMILES string of the molecule is COC(=O)c1nnn(CCCc2ccccc2)c1C(C)C. The Hall–Kier alpha value is -2.17. The Bertz CT molecular complexity index is 591. The van der Waals surface area contributed by atoms with Crippen molar-refractivity contribution in [3.63, 3.8) is 0 Å². The Morgan fingerprint density at radius 3 is 2.62 bits per heavy atom. The largest absolute Gasteiger partial charge is 0.464 e. The van der Waals surface area contributed by atoms with Crippen molar-refractivity contribution in [1.82, 2.24) is 15.0 Å². The van der Waals surface area contributed by atoms with Crippen LogP contribution in [0, 0.1) is 0 Å². The van der Waals surface area contributed by atoms with E-state index in [4.69, 9.17) is 4.74 Å². The fourth-order valence-corrected chi connectivity index (χ4v) is 2.38. The molecule has 0 bridgehead atoms. The molecule has 0 saturated carbocycles. The average Bonchev–Trinajstić information content (AvgIpc) is 2.91. The summed E-state index contributed by atoms with van der Waals surface area (Å²) in [7, 11) is 1.36. The van der Waals surface area contributed by atoms with Crippen molar-refractivity contribution in [3.8, 4) is 0 Å². The van der Waals surface area contributed by atoms with Crippen LogP contribution < -0.4 is 0 Å². The molecule has 0 amide bonds. The first-order valence-corrected chi connectivity index (χ1v) is 7.19. The summed E-state index contributed by atoms with van der Waals surface area (Å²) in [5.74, 6) is -0.251. The monoisotopic (exact) mass is 287 g/mol. The van der Waals surface area contributed by atoms with Crippen LogP contribution in [0.25, 0.3) is 0 Å². The van der Waals surface area contributed by atoms with E-state index in [9.17, 15) is 4.79 Å². The van der Waals surface area contributed by atoms with Crippen LogP contribution in [-0.2, 0) is 17.7 Å².